The summed E-state index contributed by atoms with van der Waals surface area (Å²) >= 11 is 0. The molecule has 4 nitrogen and oxygen atoms in total. The number of carbonyl (C=O) groups is 1. The number of fused-ring (bicyclic) bond motifs is 3. The molecule has 1 aliphatic heterocycles. The Morgan fingerprint density at radius 3 is 2.65 bits per heavy atom. The van der Waals surface area contributed by atoms with Crippen LogP contribution in [-0.4, -0.2) is 21.0 Å². The summed E-state index contributed by atoms with van der Waals surface area (Å²) < 4.78 is 1.95. The van der Waals surface area contributed by atoms with Gasteiger partial charge in [0.2, 0.25) is 0 Å². The average Bonchev–Trinajstić information content (AvgIpc) is 3.07. The van der Waals surface area contributed by atoms with Gasteiger partial charge >= 0.3 is 0 Å². The zero-order chi connectivity index (χ0) is 18.3. The molecule has 0 bridgehead atoms. The van der Waals surface area contributed by atoms with E-state index in [1.165, 1.54) is 6.92 Å². The summed E-state index contributed by atoms with van der Waals surface area (Å²) in [5.41, 5.74) is 5.79. The lowest BCUT2D eigenvalue weighted by Gasteiger charge is -2.12. The molecule has 0 spiro atoms. The minimum Gasteiger partial charge on any atom is -0.300 e. The van der Waals surface area contributed by atoms with E-state index in [1.54, 1.807) is 6.33 Å². The summed E-state index contributed by atoms with van der Waals surface area (Å²) in [6.45, 7) is 3.52. The van der Waals surface area contributed by atoms with Crippen LogP contribution in [0.15, 0.2) is 59.9 Å². The number of carbonyl (C=O) groups excluding carboxylic acids is 1. The number of ketones is 1. The van der Waals surface area contributed by atoms with Crippen molar-refractivity contribution in [1.82, 2.24) is 9.55 Å². The topological polar surface area (TPSA) is 47.2 Å². The van der Waals surface area contributed by atoms with Gasteiger partial charge in [-0.2, -0.15) is 0 Å². The van der Waals surface area contributed by atoms with Crippen molar-refractivity contribution >= 4 is 11.5 Å². The first-order valence-electron chi connectivity index (χ1n) is 8.43. The van der Waals surface area contributed by atoms with Gasteiger partial charge in [0, 0.05) is 23.6 Å². The molecule has 1 atom stereocenters. The number of terminal acetylenes is 1. The minimum absolute atomic E-state index is 0.0641. The highest BCUT2D eigenvalue weighted by Crippen LogP contribution is 2.32. The van der Waals surface area contributed by atoms with E-state index >= 15 is 0 Å². The molecule has 0 aliphatic carbocycles. The van der Waals surface area contributed by atoms with E-state index in [-0.39, 0.29) is 11.8 Å². The van der Waals surface area contributed by atoms with Crippen LogP contribution in [0.1, 0.15) is 52.8 Å². The molecule has 4 heteroatoms. The molecule has 0 saturated heterocycles. The van der Waals surface area contributed by atoms with E-state index in [1.807, 2.05) is 60.0 Å². The van der Waals surface area contributed by atoms with E-state index in [2.05, 4.69) is 10.9 Å². The number of nitrogens with zero attached hydrogens (tertiary/aromatic N) is 3. The van der Waals surface area contributed by atoms with Crippen molar-refractivity contribution in [3.05, 3.63) is 82.9 Å². The largest absolute Gasteiger partial charge is 0.300 e. The Morgan fingerprint density at radius 2 is 1.96 bits per heavy atom. The molecular formula is C22H17N3O. The number of hydrogen-bond donors (Lipinski definition) is 0. The van der Waals surface area contributed by atoms with Crippen molar-refractivity contribution in [2.75, 3.05) is 0 Å². The molecule has 0 amide bonds. The third-order valence-corrected chi connectivity index (χ3v) is 4.58. The van der Waals surface area contributed by atoms with Crippen LogP contribution in [0.5, 0.6) is 0 Å². The van der Waals surface area contributed by atoms with Gasteiger partial charge in [-0.3, -0.25) is 14.4 Å². The Hall–Kier alpha value is -3.45. The molecular weight excluding hydrogens is 322 g/mol. The van der Waals surface area contributed by atoms with E-state index < -0.39 is 0 Å². The van der Waals surface area contributed by atoms with E-state index in [0.29, 0.717) is 5.69 Å². The normalized spacial score (nSPS) is 15.3. The van der Waals surface area contributed by atoms with Crippen molar-refractivity contribution in [2.24, 2.45) is 4.99 Å². The van der Waals surface area contributed by atoms with Gasteiger partial charge in [0.25, 0.3) is 0 Å². The number of hydrogen-bond acceptors (Lipinski definition) is 3. The smallest absolute Gasteiger partial charge is 0.180 e. The first-order chi connectivity index (χ1) is 12.6. The maximum Gasteiger partial charge on any atom is 0.180 e. The molecule has 0 fully saturated rings. The molecule has 0 N–H and O–H groups in total. The standard InChI is InChI=1S/C22H17N3O/c1-4-16-10-11-19-18(12-16)21(17-8-6-5-7-9-17)24-14(2)22-20(15(3)26)23-13-25(19)22/h1,5-14H,2-3H3/t14-/m1/s1. The monoisotopic (exact) mass is 339 g/mol. The first-order valence-corrected chi connectivity index (χ1v) is 8.43. The molecule has 4 rings (SSSR count). The number of benzene rings is 2. The van der Waals surface area contributed by atoms with E-state index in [4.69, 9.17) is 11.4 Å². The maximum atomic E-state index is 12.0. The van der Waals surface area contributed by atoms with Gasteiger partial charge in [-0.15, -0.1) is 6.42 Å². The van der Waals surface area contributed by atoms with Crippen molar-refractivity contribution in [3.63, 3.8) is 0 Å². The van der Waals surface area contributed by atoms with Gasteiger partial charge in [-0.25, -0.2) is 4.98 Å². The zero-order valence-corrected chi connectivity index (χ0v) is 14.6. The highest BCUT2D eigenvalue weighted by atomic mass is 16.1. The average molecular weight is 339 g/mol. The molecule has 2 aromatic carbocycles. The van der Waals surface area contributed by atoms with E-state index in [0.717, 1.165) is 33.8 Å². The molecule has 1 aromatic heterocycles. The second-order valence-electron chi connectivity index (χ2n) is 6.30. The van der Waals surface area contributed by atoms with Crippen LogP contribution in [-0.2, 0) is 0 Å². The summed E-state index contributed by atoms with van der Waals surface area (Å²) in [5, 5.41) is 0. The Balaban J connectivity index is 2.06. The van der Waals surface area contributed by atoms with Crippen LogP contribution in [0, 0.1) is 12.3 Å². The summed E-state index contributed by atoms with van der Waals surface area (Å²) in [6.07, 6.45) is 7.31. The third-order valence-electron chi connectivity index (χ3n) is 4.58. The van der Waals surface area contributed by atoms with Crippen LogP contribution in [0.2, 0.25) is 0 Å². The minimum atomic E-state index is -0.215. The predicted octanol–water partition coefficient (Wildman–Crippen LogP) is 3.97. The highest BCUT2D eigenvalue weighted by molar-refractivity contribution is 6.15. The van der Waals surface area contributed by atoms with Gasteiger partial charge in [0.05, 0.1) is 23.1 Å². The Morgan fingerprint density at radius 1 is 1.19 bits per heavy atom. The van der Waals surface area contributed by atoms with Crippen LogP contribution in [0.3, 0.4) is 0 Å². The number of Topliss-reactive ketones (excluding diaryl/α,β-unsaturated/α-hetero) is 1. The number of aromatic nitrogens is 2. The van der Waals surface area contributed by atoms with Crippen LogP contribution >= 0.6 is 0 Å². The van der Waals surface area contributed by atoms with Gasteiger partial charge in [0.1, 0.15) is 12.0 Å². The van der Waals surface area contributed by atoms with Gasteiger partial charge < -0.3 is 0 Å². The summed E-state index contributed by atoms with van der Waals surface area (Å²) in [7, 11) is 0. The second-order valence-corrected chi connectivity index (χ2v) is 6.30. The predicted molar refractivity (Wildman–Crippen MR) is 102 cm³/mol. The fourth-order valence-electron chi connectivity index (χ4n) is 3.40. The SMILES string of the molecule is C#Cc1ccc2c(c1)C(c1ccccc1)=N[C@H](C)c1c(C(C)=O)ncn1-2. The molecule has 0 unspecified atom stereocenters. The molecule has 26 heavy (non-hydrogen) atoms. The molecule has 0 radical (unpaired) electrons. The number of aliphatic imine (C=N–C) groups is 1. The van der Waals surface area contributed by atoms with Crippen molar-refractivity contribution in [3.8, 4) is 18.0 Å². The number of rotatable bonds is 2. The second kappa shape index (κ2) is 6.12. The molecule has 126 valence electrons. The van der Waals surface area contributed by atoms with Gasteiger partial charge in [0.15, 0.2) is 5.78 Å². The van der Waals surface area contributed by atoms with Crippen molar-refractivity contribution in [1.29, 1.82) is 0 Å². The summed E-state index contributed by atoms with van der Waals surface area (Å²) in [5.74, 6) is 2.63. The van der Waals surface area contributed by atoms with Crippen molar-refractivity contribution in [2.45, 2.75) is 19.9 Å². The quantitative estimate of drug-likeness (QED) is 0.524. The molecule has 0 saturated carbocycles. The third kappa shape index (κ3) is 2.46. The number of imidazole rings is 1. The Kier molecular flexibility index (Phi) is 3.78. The Labute approximate surface area is 152 Å². The van der Waals surface area contributed by atoms with Crippen LogP contribution in [0.4, 0.5) is 0 Å². The molecule has 1 aliphatic rings. The lowest BCUT2D eigenvalue weighted by atomic mass is 9.98. The van der Waals surface area contributed by atoms with Crippen molar-refractivity contribution < 1.29 is 4.79 Å². The van der Waals surface area contributed by atoms with Crippen LogP contribution < -0.4 is 0 Å². The molecule has 3 aromatic rings. The van der Waals surface area contributed by atoms with E-state index in [9.17, 15) is 4.79 Å². The van der Waals surface area contributed by atoms with Gasteiger partial charge in [-0.05, 0) is 25.1 Å². The highest BCUT2D eigenvalue weighted by Gasteiger charge is 2.27. The zero-order valence-electron chi connectivity index (χ0n) is 14.6. The lowest BCUT2D eigenvalue weighted by molar-refractivity contribution is 0.101. The van der Waals surface area contributed by atoms with Crippen LogP contribution in [0.25, 0.3) is 5.69 Å². The maximum absolute atomic E-state index is 12.0. The summed E-state index contributed by atoms with van der Waals surface area (Å²) in [6, 6.07) is 15.6. The summed E-state index contributed by atoms with van der Waals surface area (Å²) in [4.78, 5) is 21.3. The fraction of sp³-hybridized carbons (Fsp3) is 0.136. The van der Waals surface area contributed by atoms with Gasteiger partial charge in [-0.1, -0.05) is 36.3 Å². The molecule has 2 heterocycles. The first kappa shape index (κ1) is 16.0. The lowest BCUT2D eigenvalue weighted by Crippen LogP contribution is -2.07. The Bertz CT molecular complexity index is 1080. The fourth-order valence-corrected chi connectivity index (χ4v) is 3.40.